The average molecular weight is 223 g/mol. The Hall–Kier alpha value is -1.36. The number of hydrogen-bond acceptors (Lipinski definition) is 3. The van der Waals surface area contributed by atoms with E-state index in [1.807, 2.05) is 0 Å². The maximum atomic E-state index is 11.1. The topological polar surface area (TPSA) is 58.4 Å². The first-order valence-electron chi connectivity index (χ1n) is 5.65. The SMILES string of the molecule is Cn1ncc(CN2CCCCC2)c1C(=O)O. The van der Waals surface area contributed by atoms with Crippen molar-refractivity contribution in [1.29, 1.82) is 0 Å². The van der Waals surface area contributed by atoms with Crippen molar-refractivity contribution in [2.75, 3.05) is 13.1 Å². The molecule has 16 heavy (non-hydrogen) atoms. The van der Waals surface area contributed by atoms with Crippen LogP contribution in [0, 0.1) is 0 Å². The third kappa shape index (κ3) is 2.24. The Morgan fingerprint density at radius 3 is 2.75 bits per heavy atom. The summed E-state index contributed by atoms with van der Waals surface area (Å²) in [5, 5.41) is 13.1. The van der Waals surface area contributed by atoms with Crippen LogP contribution in [-0.2, 0) is 13.6 Å². The first-order chi connectivity index (χ1) is 7.68. The molecule has 1 aromatic rings. The van der Waals surface area contributed by atoms with Gasteiger partial charge in [-0.05, 0) is 25.9 Å². The number of aryl methyl sites for hydroxylation is 1. The van der Waals surface area contributed by atoms with E-state index in [4.69, 9.17) is 5.11 Å². The van der Waals surface area contributed by atoms with Crippen molar-refractivity contribution in [3.05, 3.63) is 17.5 Å². The van der Waals surface area contributed by atoms with Crippen LogP contribution in [0.25, 0.3) is 0 Å². The zero-order valence-corrected chi connectivity index (χ0v) is 9.52. The molecule has 5 heteroatoms. The summed E-state index contributed by atoms with van der Waals surface area (Å²) in [7, 11) is 1.67. The molecule has 0 bridgehead atoms. The van der Waals surface area contributed by atoms with Gasteiger partial charge >= 0.3 is 5.97 Å². The first kappa shape index (κ1) is 11.1. The Labute approximate surface area is 94.7 Å². The summed E-state index contributed by atoms with van der Waals surface area (Å²) >= 11 is 0. The van der Waals surface area contributed by atoms with E-state index in [0.717, 1.165) is 18.7 Å². The van der Waals surface area contributed by atoms with E-state index in [1.165, 1.54) is 23.9 Å². The number of nitrogens with zero attached hydrogens (tertiary/aromatic N) is 3. The molecular weight excluding hydrogens is 206 g/mol. The number of aromatic nitrogens is 2. The maximum absolute atomic E-state index is 11.1. The van der Waals surface area contributed by atoms with Crippen molar-refractivity contribution < 1.29 is 9.90 Å². The van der Waals surface area contributed by atoms with Gasteiger partial charge in [-0.3, -0.25) is 9.58 Å². The van der Waals surface area contributed by atoms with Crippen molar-refractivity contribution in [1.82, 2.24) is 14.7 Å². The van der Waals surface area contributed by atoms with E-state index >= 15 is 0 Å². The van der Waals surface area contributed by atoms with Gasteiger partial charge in [0.2, 0.25) is 0 Å². The molecule has 1 aromatic heterocycles. The van der Waals surface area contributed by atoms with Crippen molar-refractivity contribution in [2.45, 2.75) is 25.8 Å². The van der Waals surface area contributed by atoms with Crippen LogP contribution in [0.3, 0.4) is 0 Å². The Morgan fingerprint density at radius 2 is 2.12 bits per heavy atom. The van der Waals surface area contributed by atoms with Gasteiger partial charge in [0, 0.05) is 19.2 Å². The van der Waals surface area contributed by atoms with Gasteiger partial charge in [0.25, 0.3) is 0 Å². The predicted octanol–water partition coefficient (Wildman–Crippen LogP) is 1.10. The minimum atomic E-state index is -0.896. The molecule has 1 N–H and O–H groups in total. The second-order valence-electron chi connectivity index (χ2n) is 4.28. The van der Waals surface area contributed by atoms with E-state index < -0.39 is 5.97 Å². The lowest BCUT2D eigenvalue weighted by molar-refractivity contribution is 0.0682. The third-order valence-electron chi connectivity index (χ3n) is 3.06. The van der Waals surface area contributed by atoms with Gasteiger partial charge in [-0.1, -0.05) is 6.42 Å². The zero-order chi connectivity index (χ0) is 11.5. The summed E-state index contributed by atoms with van der Waals surface area (Å²) in [5.74, 6) is -0.896. The van der Waals surface area contributed by atoms with E-state index in [9.17, 15) is 4.79 Å². The molecule has 1 aliphatic heterocycles. The number of carboxylic acids is 1. The van der Waals surface area contributed by atoms with Gasteiger partial charge in [0.05, 0.1) is 6.20 Å². The van der Waals surface area contributed by atoms with Gasteiger partial charge in [-0.25, -0.2) is 4.79 Å². The highest BCUT2D eigenvalue weighted by Gasteiger charge is 2.18. The molecular formula is C11H17N3O2. The molecule has 2 heterocycles. The molecule has 5 nitrogen and oxygen atoms in total. The van der Waals surface area contributed by atoms with E-state index in [1.54, 1.807) is 13.2 Å². The molecule has 0 radical (unpaired) electrons. The van der Waals surface area contributed by atoms with Crippen molar-refractivity contribution >= 4 is 5.97 Å². The molecule has 0 spiro atoms. The highest BCUT2D eigenvalue weighted by atomic mass is 16.4. The highest BCUT2D eigenvalue weighted by Crippen LogP contribution is 2.15. The summed E-state index contributed by atoms with van der Waals surface area (Å²) in [6.45, 7) is 2.83. The Balaban J connectivity index is 2.11. The molecule has 0 atom stereocenters. The molecule has 0 aliphatic carbocycles. The minimum absolute atomic E-state index is 0.311. The summed E-state index contributed by atoms with van der Waals surface area (Å²) in [6, 6.07) is 0. The lowest BCUT2D eigenvalue weighted by Gasteiger charge is -2.26. The lowest BCUT2D eigenvalue weighted by Crippen LogP contribution is -2.29. The number of carbonyl (C=O) groups is 1. The summed E-state index contributed by atoms with van der Waals surface area (Å²) in [4.78, 5) is 13.4. The molecule has 2 rings (SSSR count). The molecule has 0 amide bonds. The third-order valence-corrected chi connectivity index (χ3v) is 3.06. The monoisotopic (exact) mass is 223 g/mol. The summed E-state index contributed by atoms with van der Waals surface area (Å²) in [6.07, 6.45) is 5.37. The average Bonchev–Trinajstić information content (AvgIpc) is 2.61. The maximum Gasteiger partial charge on any atom is 0.354 e. The molecule has 1 aliphatic rings. The largest absolute Gasteiger partial charge is 0.477 e. The lowest BCUT2D eigenvalue weighted by atomic mass is 10.1. The van der Waals surface area contributed by atoms with Crippen molar-refractivity contribution in [3.63, 3.8) is 0 Å². The van der Waals surface area contributed by atoms with Gasteiger partial charge < -0.3 is 5.11 Å². The normalized spacial score (nSPS) is 17.6. The van der Waals surface area contributed by atoms with Crippen LogP contribution >= 0.6 is 0 Å². The number of hydrogen-bond donors (Lipinski definition) is 1. The fraction of sp³-hybridized carbons (Fsp3) is 0.636. The van der Waals surface area contributed by atoms with Crippen molar-refractivity contribution in [2.24, 2.45) is 7.05 Å². The number of likely N-dealkylation sites (tertiary alicyclic amines) is 1. The quantitative estimate of drug-likeness (QED) is 0.833. The number of rotatable bonds is 3. The molecule has 1 fully saturated rings. The van der Waals surface area contributed by atoms with Crippen LogP contribution in [0.15, 0.2) is 6.20 Å². The second-order valence-corrected chi connectivity index (χ2v) is 4.28. The van der Waals surface area contributed by atoms with E-state index in [-0.39, 0.29) is 0 Å². The first-order valence-corrected chi connectivity index (χ1v) is 5.65. The highest BCUT2D eigenvalue weighted by molar-refractivity contribution is 5.87. The number of piperidine rings is 1. The van der Waals surface area contributed by atoms with Crippen LogP contribution in [0.5, 0.6) is 0 Å². The van der Waals surface area contributed by atoms with Crippen LogP contribution in [0.4, 0.5) is 0 Å². The fourth-order valence-corrected chi connectivity index (χ4v) is 2.23. The van der Waals surface area contributed by atoms with Crippen molar-refractivity contribution in [3.8, 4) is 0 Å². The summed E-state index contributed by atoms with van der Waals surface area (Å²) < 4.78 is 1.43. The van der Waals surface area contributed by atoms with Gasteiger partial charge in [-0.15, -0.1) is 0 Å². The molecule has 0 unspecified atom stereocenters. The van der Waals surface area contributed by atoms with Crippen LogP contribution in [-0.4, -0.2) is 38.8 Å². The minimum Gasteiger partial charge on any atom is -0.477 e. The smallest absolute Gasteiger partial charge is 0.354 e. The zero-order valence-electron chi connectivity index (χ0n) is 9.52. The predicted molar refractivity (Wildman–Crippen MR) is 59.3 cm³/mol. The van der Waals surface area contributed by atoms with E-state index in [0.29, 0.717) is 12.2 Å². The molecule has 88 valence electrons. The number of carboxylic acid groups (broad SMARTS) is 1. The molecule has 1 saturated heterocycles. The second kappa shape index (κ2) is 4.65. The fourth-order valence-electron chi connectivity index (χ4n) is 2.23. The Kier molecular flexibility index (Phi) is 3.24. The summed E-state index contributed by atoms with van der Waals surface area (Å²) in [5.41, 5.74) is 1.13. The Bertz CT molecular complexity index is 381. The van der Waals surface area contributed by atoms with Crippen LogP contribution in [0.1, 0.15) is 35.3 Å². The Morgan fingerprint density at radius 1 is 1.44 bits per heavy atom. The molecule has 0 aromatic carbocycles. The van der Waals surface area contributed by atoms with Gasteiger partial charge in [-0.2, -0.15) is 5.10 Å². The number of aromatic carboxylic acids is 1. The van der Waals surface area contributed by atoms with Gasteiger partial charge in [0.15, 0.2) is 5.69 Å². The van der Waals surface area contributed by atoms with Crippen LogP contribution in [0.2, 0.25) is 0 Å². The van der Waals surface area contributed by atoms with Crippen LogP contribution < -0.4 is 0 Å². The van der Waals surface area contributed by atoms with E-state index in [2.05, 4.69) is 10.00 Å². The molecule has 0 saturated carbocycles. The standard InChI is InChI=1S/C11H17N3O2/c1-13-10(11(15)16)9(7-12-13)8-14-5-3-2-4-6-14/h7H,2-6,8H2,1H3,(H,15,16). The van der Waals surface area contributed by atoms with Gasteiger partial charge in [0.1, 0.15) is 0 Å².